The van der Waals surface area contributed by atoms with E-state index in [4.69, 9.17) is 0 Å². The summed E-state index contributed by atoms with van der Waals surface area (Å²) in [6, 6.07) is 1.30. The van der Waals surface area contributed by atoms with Gasteiger partial charge in [0.1, 0.15) is 6.04 Å². The van der Waals surface area contributed by atoms with Gasteiger partial charge in [0.2, 0.25) is 0 Å². The van der Waals surface area contributed by atoms with Gasteiger partial charge in [0.25, 0.3) is 5.91 Å². The number of methoxy groups -OCH3 is 1. The van der Waals surface area contributed by atoms with Gasteiger partial charge >= 0.3 is 5.97 Å². The smallest absolute Gasteiger partial charge is 0.328 e. The maximum absolute atomic E-state index is 12.1. The van der Waals surface area contributed by atoms with Crippen molar-refractivity contribution in [3.63, 3.8) is 0 Å². The first-order chi connectivity index (χ1) is 9.03. The summed E-state index contributed by atoms with van der Waals surface area (Å²) in [5.74, 6) is -0.644. The molecule has 0 radical (unpaired) electrons. The van der Waals surface area contributed by atoms with Gasteiger partial charge in [-0.2, -0.15) is 0 Å². The molecule has 0 spiro atoms. The van der Waals surface area contributed by atoms with Gasteiger partial charge in [-0.05, 0) is 31.4 Å². The molecule has 0 saturated carbocycles. The summed E-state index contributed by atoms with van der Waals surface area (Å²) in [4.78, 5) is 25.3. The van der Waals surface area contributed by atoms with Gasteiger partial charge < -0.3 is 10.1 Å². The fraction of sp³-hybridized carbons (Fsp3) is 0.571. The molecule has 1 N–H and O–H groups in total. The second-order valence-corrected chi connectivity index (χ2v) is 5.52. The fourth-order valence-electron chi connectivity index (χ4n) is 1.82. The Kier molecular flexibility index (Phi) is 6.02. The summed E-state index contributed by atoms with van der Waals surface area (Å²) >= 11 is 1.51. The number of rotatable bonds is 6. The largest absolute Gasteiger partial charge is 0.467 e. The second-order valence-electron chi connectivity index (χ2n) is 4.38. The maximum atomic E-state index is 12.1. The average molecular weight is 283 g/mol. The standard InChI is InChI=1S/C14H21NO3S/c1-5-7-11-10(6-2)8-12(19-11)13(16)15-9(3)14(17)18-4/h8-9H,5-7H2,1-4H3,(H,15,16)/t9-/m1/s1. The molecule has 0 bridgehead atoms. The van der Waals surface area contributed by atoms with Crippen LogP contribution in [0.1, 0.15) is 47.3 Å². The van der Waals surface area contributed by atoms with Gasteiger partial charge in [-0.3, -0.25) is 4.79 Å². The molecule has 4 nitrogen and oxygen atoms in total. The number of amides is 1. The van der Waals surface area contributed by atoms with Crippen LogP contribution in [0.25, 0.3) is 0 Å². The number of ether oxygens (including phenoxy) is 1. The molecule has 0 aliphatic heterocycles. The van der Waals surface area contributed by atoms with E-state index >= 15 is 0 Å². The molecule has 0 unspecified atom stereocenters. The minimum Gasteiger partial charge on any atom is -0.467 e. The number of carbonyl (C=O) groups excluding carboxylic acids is 2. The van der Waals surface area contributed by atoms with E-state index in [1.54, 1.807) is 6.92 Å². The molecular weight excluding hydrogens is 262 g/mol. The number of hydrogen-bond donors (Lipinski definition) is 1. The van der Waals surface area contributed by atoms with E-state index in [2.05, 4.69) is 23.9 Å². The van der Waals surface area contributed by atoms with Crippen molar-refractivity contribution < 1.29 is 14.3 Å². The molecule has 19 heavy (non-hydrogen) atoms. The number of carbonyl (C=O) groups is 2. The Morgan fingerprint density at radius 2 is 2.11 bits per heavy atom. The topological polar surface area (TPSA) is 55.4 Å². The summed E-state index contributed by atoms with van der Waals surface area (Å²) in [5, 5.41) is 2.65. The Labute approximate surface area is 118 Å². The number of aryl methyl sites for hydroxylation is 2. The SMILES string of the molecule is CCCc1sc(C(=O)N[C@H](C)C(=O)OC)cc1CC. The van der Waals surface area contributed by atoms with Crippen LogP contribution in [0.15, 0.2) is 6.07 Å². The molecule has 0 aromatic carbocycles. The normalized spacial score (nSPS) is 12.0. The fourth-order valence-corrected chi connectivity index (χ4v) is 3.08. The quantitative estimate of drug-likeness (QED) is 0.816. The number of thiophene rings is 1. The first-order valence-electron chi connectivity index (χ1n) is 6.53. The van der Waals surface area contributed by atoms with Crippen LogP contribution < -0.4 is 5.32 Å². The van der Waals surface area contributed by atoms with E-state index < -0.39 is 12.0 Å². The Hall–Kier alpha value is -1.36. The minimum absolute atomic E-state index is 0.208. The number of esters is 1. The lowest BCUT2D eigenvalue weighted by Crippen LogP contribution is -2.38. The van der Waals surface area contributed by atoms with Crippen molar-refractivity contribution >= 4 is 23.2 Å². The maximum Gasteiger partial charge on any atom is 0.328 e. The van der Waals surface area contributed by atoms with E-state index in [-0.39, 0.29) is 5.91 Å². The van der Waals surface area contributed by atoms with Crippen molar-refractivity contribution in [3.05, 3.63) is 21.4 Å². The molecule has 1 amide bonds. The van der Waals surface area contributed by atoms with Crippen LogP contribution in [0.5, 0.6) is 0 Å². The van der Waals surface area contributed by atoms with Crippen molar-refractivity contribution in [2.24, 2.45) is 0 Å². The second kappa shape index (κ2) is 7.28. The van der Waals surface area contributed by atoms with E-state index in [1.165, 1.54) is 28.9 Å². The summed E-state index contributed by atoms with van der Waals surface area (Å²) in [6.45, 7) is 5.82. The van der Waals surface area contributed by atoms with E-state index in [9.17, 15) is 9.59 Å². The molecule has 0 saturated heterocycles. The van der Waals surface area contributed by atoms with Crippen molar-refractivity contribution in [3.8, 4) is 0 Å². The Balaban J connectivity index is 2.79. The van der Waals surface area contributed by atoms with Crippen molar-refractivity contribution in [2.75, 3.05) is 7.11 Å². The van der Waals surface area contributed by atoms with Crippen molar-refractivity contribution in [1.29, 1.82) is 0 Å². The molecule has 1 aromatic rings. The zero-order chi connectivity index (χ0) is 14.4. The first-order valence-corrected chi connectivity index (χ1v) is 7.35. The third kappa shape index (κ3) is 4.06. The van der Waals surface area contributed by atoms with Crippen LogP contribution in [-0.4, -0.2) is 25.0 Å². The van der Waals surface area contributed by atoms with Crippen molar-refractivity contribution in [1.82, 2.24) is 5.32 Å². The van der Waals surface area contributed by atoms with E-state index in [1.807, 2.05) is 6.07 Å². The van der Waals surface area contributed by atoms with Crippen LogP contribution in [0.3, 0.4) is 0 Å². The van der Waals surface area contributed by atoms with Gasteiger partial charge in [-0.25, -0.2) is 4.79 Å². The monoisotopic (exact) mass is 283 g/mol. The highest BCUT2D eigenvalue weighted by Gasteiger charge is 2.19. The Morgan fingerprint density at radius 3 is 2.63 bits per heavy atom. The third-order valence-electron chi connectivity index (χ3n) is 2.88. The minimum atomic E-state index is -0.626. The molecular formula is C14H21NO3S. The molecule has 1 heterocycles. The highest BCUT2D eigenvalue weighted by atomic mass is 32.1. The molecule has 1 atom stereocenters. The number of hydrogen-bond acceptors (Lipinski definition) is 4. The predicted molar refractivity (Wildman–Crippen MR) is 76.6 cm³/mol. The Bertz CT molecular complexity index is 454. The van der Waals surface area contributed by atoms with Crippen LogP contribution in [0.2, 0.25) is 0 Å². The molecule has 0 aliphatic rings. The molecule has 1 rings (SSSR count). The zero-order valence-electron chi connectivity index (χ0n) is 11.9. The predicted octanol–water partition coefficient (Wildman–Crippen LogP) is 2.55. The lowest BCUT2D eigenvalue weighted by atomic mass is 10.1. The lowest BCUT2D eigenvalue weighted by molar-refractivity contribution is -0.142. The van der Waals surface area contributed by atoms with Gasteiger partial charge in [-0.1, -0.05) is 20.3 Å². The Morgan fingerprint density at radius 1 is 1.42 bits per heavy atom. The molecule has 5 heteroatoms. The summed E-state index contributed by atoms with van der Waals surface area (Å²) in [5.41, 5.74) is 1.22. The van der Waals surface area contributed by atoms with Crippen LogP contribution in [0, 0.1) is 0 Å². The van der Waals surface area contributed by atoms with Gasteiger partial charge in [0, 0.05) is 4.88 Å². The summed E-state index contributed by atoms with van der Waals surface area (Å²) in [7, 11) is 1.31. The molecule has 106 valence electrons. The van der Waals surface area contributed by atoms with Gasteiger partial charge in [-0.15, -0.1) is 11.3 Å². The lowest BCUT2D eigenvalue weighted by Gasteiger charge is -2.10. The highest BCUT2D eigenvalue weighted by Crippen LogP contribution is 2.24. The van der Waals surface area contributed by atoms with Gasteiger partial charge in [0.15, 0.2) is 0 Å². The molecule has 1 aromatic heterocycles. The van der Waals surface area contributed by atoms with Crippen LogP contribution in [0.4, 0.5) is 0 Å². The highest BCUT2D eigenvalue weighted by molar-refractivity contribution is 7.14. The van der Waals surface area contributed by atoms with Crippen molar-refractivity contribution in [2.45, 2.75) is 46.1 Å². The van der Waals surface area contributed by atoms with E-state index in [0.717, 1.165) is 19.3 Å². The third-order valence-corrected chi connectivity index (χ3v) is 4.12. The van der Waals surface area contributed by atoms with Crippen LogP contribution in [-0.2, 0) is 22.4 Å². The molecule has 0 fully saturated rings. The number of nitrogens with one attached hydrogen (secondary N) is 1. The van der Waals surface area contributed by atoms with Crippen LogP contribution >= 0.6 is 11.3 Å². The first kappa shape index (κ1) is 15.7. The summed E-state index contributed by atoms with van der Waals surface area (Å²) in [6.07, 6.45) is 2.98. The average Bonchev–Trinajstić information content (AvgIpc) is 2.81. The molecule has 0 aliphatic carbocycles. The van der Waals surface area contributed by atoms with E-state index in [0.29, 0.717) is 4.88 Å². The zero-order valence-corrected chi connectivity index (χ0v) is 12.7. The van der Waals surface area contributed by atoms with Gasteiger partial charge in [0.05, 0.1) is 12.0 Å². The summed E-state index contributed by atoms with van der Waals surface area (Å²) < 4.78 is 4.59.